The molecule has 0 saturated heterocycles. The lowest BCUT2D eigenvalue weighted by molar-refractivity contribution is 0.589. The molecule has 2 aromatic rings. The van der Waals surface area contributed by atoms with E-state index in [2.05, 4.69) is 66.8 Å². The topological polar surface area (TPSA) is 15.3 Å². The molecule has 0 radical (unpaired) electrons. The number of hydrogen-bond acceptors (Lipinski definition) is 3. The van der Waals surface area contributed by atoms with Gasteiger partial charge in [0.15, 0.2) is 0 Å². The van der Waals surface area contributed by atoms with E-state index in [1.807, 2.05) is 11.3 Å². The van der Waals surface area contributed by atoms with E-state index < -0.39 is 0 Å². The van der Waals surface area contributed by atoms with Gasteiger partial charge in [-0.2, -0.15) is 0 Å². The number of nitrogens with zero attached hydrogens (tertiary/aromatic N) is 1. The molecule has 0 spiro atoms. The van der Waals surface area contributed by atoms with Crippen LogP contribution in [0.3, 0.4) is 0 Å². The third kappa shape index (κ3) is 5.03. The van der Waals surface area contributed by atoms with Crippen LogP contribution in [-0.2, 0) is 13.0 Å². The van der Waals surface area contributed by atoms with Crippen molar-refractivity contribution in [3.8, 4) is 0 Å². The first-order chi connectivity index (χ1) is 10.1. The van der Waals surface area contributed by atoms with Gasteiger partial charge in [0.2, 0.25) is 0 Å². The van der Waals surface area contributed by atoms with E-state index in [0.717, 1.165) is 30.2 Å². The van der Waals surface area contributed by atoms with Crippen LogP contribution in [0.2, 0.25) is 5.02 Å². The van der Waals surface area contributed by atoms with E-state index in [9.17, 15) is 0 Å². The first-order valence-electron chi connectivity index (χ1n) is 7.31. The third-order valence-electron chi connectivity index (χ3n) is 3.41. The van der Waals surface area contributed by atoms with Gasteiger partial charge in [0, 0.05) is 31.1 Å². The van der Waals surface area contributed by atoms with Crippen LogP contribution in [0.1, 0.15) is 24.3 Å². The molecule has 0 saturated carbocycles. The molecule has 1 aromatic carbocycles. The summed E-state index contributed by atoms with van der Waals surface area (Å²) in [5.74, 6) is 0. The van der Waals surface area contributed by atoms with Crippen LogP contribution in [0.15, 0.2) is 35.7 Å². The predicted octanol–water partition coefficient (Wildman–Crippen LogP) is 4.58. The van der Waals surface area contributed by atoms with E-state index in [-0.39, 0.29) is 0 Å². The molecule has 4 heteroatoms. The number of hydrogen-bond donors (Lipinski definition) is 1. The molecule has 1 aromatic heterocycles. The van der Waals surface area contributed by atoms with Crippen molar-refractivity contribution >= 4 is 28.6 Å². The first-order valence-corrected chi connectivity index (χ1v) is 8.57. The highest BCUT2D eigenvalue weighted by Crippen LogP contribution is 2.26. The zero-order valence-electron chi connectivity index (χ0n) is 12.9. The first kappa shape index (κ1) is 16.3. The molecule has 2 nitrogen and oxygen atoms in total. The van der Waals surface area contributed by atoms with Crippen molar-refractivity contribution in [3.05, 3.63) is 51.2 Å². The summed E-state index contributed by atoms with van der Waals surface area (Å²) < 4.78 is 0. The summed E-state index contributed by atoms with van der Waals surface area (Å²) in [5.41, 5.74) is 2.32. The lowest BCUT2D eigenvalue weighted by atomic mass is 10.2. The molecule has 0 atom stereocenters. The highest BCUT2D eigenvalue weighted by molar-refractivity contribution is 7.09. The zero-order valence-corrected chi connectivity index (χ0v) is 14.5. The zero-order chi connectivity index (χ0) is 15.2. The second-order valence-electron chi connectivity index (χ2n) is 5.57. The van der Waals surface area contributed by atoms with E-state index in [0.29, 0.717) is 6.04 Å². The molecule has 0 bridgehead atoms. The average Bonchev–Trinajstić information content (AvgIpc) is 2.96. The molecule has 0 fully saturated rings. The van der Waals surface area contributed by atoms with Crippen molar-refractivity contribution in [2.24, 2.45) is 0 Å². The SMILES string of the molecule is CC(C)NCc1ccc(N(C)CCc2cccs2)c(Cl)c1. The summed E-state index contributed by atoms with van der Waals surface area (Å²) >= 11 is 8.24. The van der Waals surface area contributed by atoms with E-state index in [4.69, 9.17) is 11.6 Å². The minimum absolute atomic E-state index is 0.483. The number of benzene rings is 1. The number of thiophene rings is 1. The molecule has 1 N–H and O–H groups in total. The second kappa shape index (κ2) is 7.83. The van der Waals surface area contributed by atoms with Crippen molar-refractivity contribution in [1.29, 1.82) is 0 Å². The summed E-state index contributed by atoms with van der Waals surface area (Å²) in [4.78, 5) is 3.64. The molecule has 0 aliphatic heterocycles. The number of nitrogens with one attached hydrogen (secondary N) is 1. The normalized spacial score (nSPS) is 11.1. The van der Waals surface area contributed by atoms with E-state index in [1.54, 1.807) is 0 Å². The number of likely N-dealkylation sites (N-methyl/N-ethyl adjacent to an activating group) is 1. The van der Waals surface area contributed by atoms with Crippen LogP contribution in [0.25, 0.3) is 0 Å². The van der Waals surface area contributed by atoms with Crippen molar-refractivity contribution in [2.45, 2.75) is 32.9 Å². The van der Waals surface area contributed by atoms with Crippen LogP contribution < -0.4 is 10.2 Å². The van der Waals surface area contributed by atoms with Crippen LogP contribution in [0, 0.1) is 0 Å². The van der Waals surface area contributed by atoms with Crippen molar-refractivity contribution < 1.29 is 0 Å². The monoisotopic (exact) mass is 322 g/mol. The van der Waals surface area contributed by atoms with Gasteiger partial charge in [-0.05, 0) is 35.6 Å². The predicted molar refractivity (Wildman–Crippen MR) is 94.7 cm³/mol. The van der Waals surface area contributed by atoms with Gasteiger partial charge in [-0.15, -0.1) is 11.3 Å². The second-order valence-corrected chi connectivity index (χ2v) is 7.01. The number of anilines is 1. The average molecular weight is 323 g/mol. The fraction of sp³-hybridized carbons (Fsp3) is 0.412. The van der Waals surface area contributed by atoms with Gasteiger partial charge in [-0.3, -0.25) is 0 Å². The van der Waals surface area contributed by atoms with Crippen LogP contribution >= 0.6 is 22.9 Å². The Morgan fingerprint density at radius 2 is 2.10 bits per heavy atom. The maximum Gasteiger partial charge on any atom is 0.0642 e. The lowest BCUT2D eigenvalue weighted by Gasteiger charge is -2.21. The maximum absolute atomic E-state index is 6.43. The Balaban J connectivity index is 1.95. The van der Waals surface area contributed by atoms with Gasteiger partial charge in [0.25, 0.3) is 0 Å². The summed E-state index contributed by atoms with van der Waals surface area (Å²) in [6, 6.07) is 11.1. The quantitative estimate of drug-likeness (QED) is 0.802. The third-order valence-corrected chi connectivity index (χ3v) is 4.65. The van der Waals surface area contributed by atoms with Crippen LogP contribution in [-0.4, -0.2) is 19.6 Å². The summed E-state index contributed by atoms with van der Waals surface area (Å²) in [7, 11) is 2.10. The Morgan fingerprint density at radius 3 is 2.71 bits per heavy atom. The molecule has 0 amide bonds. The fourth-order valence-corrected chi connectivity index (χ4v) is 3.19. The number of halogens is 1. The van der Waals surface area contributed by atoms with Crippen molar-refractivity contribution in [3.63, 3.8) is 0 Å². The molecule has 0 unspecified atom stereocenters. The molecule has 1 heterocycles. The van der Waals surface area contributed by atoms with Crippen molar-refractivity contribution in [1.82, 2.24) is 5.32 Å². The van der Waals surface area contributed by atoms with Gasteiger partial charge in [-0.1, -0.05) is 37.6 Å². The van der Waals surface area contributed by atoms with Gasteiger partial charge in [0.05, 0.1) is 10.7 Å². The number of rotatable bonds is 7. The molecule has 114 valence electrons. The molecular formula is C17H23ClN2S. The van der Waals surface area contributed by atoms with Crippen LogP contribution in [0.4, 0.5) is 5.69 Å². The van der Waals surface area contributed by atoms with Gasteiger partial charge < -0.3 is 10.2 Å². The lowest BCUT2D eigenvalue weighted by Crippen LogP contribution is -2.22. The molecule has 0 aliphatic carbocycles. The highest BCUT2D eigenvalue weighted by Gasteiger charge is 2.08. The maximum atomic E-state index is 6.43. The fourth-order valence-electron chi connectivity index (χ4n) is 2.15. The Kier molecular flexibility index (Phi) is 6.09. The molecule has 0 aliphatic rings. The van der Waals surface area contributed by atoms with E-state index in [1.165, 1.54) is 10.4 Å². The molecule has 21 heavy (non-hydrogen) atoms. The Hall–Kier alpha value is -1.03. The molecule has 2 rings (SSSR count). The highest BCUT2D eigenvalue weighted by atomic mass is 35.5. The van der Waals surface area contributed by atoms with E-state index >= 15 is 0 Å². The minimum atomic E-state index is 0.483. The Bertz CT molecular complexity index is 552. The minimum Gasteiger partial charge on any atom is -0.373 e. The standard InChI is InChI=1S/C17H23ClN2S/c1-13(2)19-12-14-6-7-17(16(18)11-14)20(3)9-8-15-5-4-10-21-15/h4-7,10-11,13,19H,8-9,12H2,1-3H3. The van der Waals surface area contributed by atoms with Gasteiger partial charge >= 0.3 is 0 Å². The van der Waals surface area contributed by atoms with Gasteiger partial charge in [0.1, 0.15) is 0 Å². The smallest absolute Gasteiger partial charge is 0.0642 e. The Morgan fingerprint density at radius 1 is 1.29 bits per heavy atom. The van der Waals surface area contributed by atoms with Gasteiger partial charge in [-0.25, -0.2) is 0 Å². The Labute approximate surface area is 136 Å². The van der Waals surface area contributed by atoms with Crippen molar-refractivity contribution in [2.75, 3.05) is 18.5 Å². The summed E-state index contributed by atoms with van der Waals surface area (Å²) in [5, 5.41) is 6.36. The largest absolute Gasteiger partial charge is 0.373 e. The summed E-state index contributed by atoms with van der Waals surface area (Å²) in [6.45, 7) is 6.13. The molecular weight excluding hydrogens is 300 g/mol. The van der Waals surface area contributed by atoms with Crippen LogP contribution in [0.5, 0.6) is 0 Å². The summed E-state index contributed by atoms with van der Waals surface area (Å²) in [6.07, 6.45) is 1.06.